The molecule has 2 heterocycles. The molecule has 4 nitrogen and oxygen atoms in total. The maximum Gasteiger partial charge on any atom is 0.0794 e. The molecular weight excluding hydrogens is 270 g/mol. The number of thiophene rings is 1. The topological polar surface area (TPSA) is 60.9 Å². The minimum absolute atomic E-state index is 0.274. The fourth-order valence-corrected chi connectivity index (χ4v) is 2.90. The molecular formula is C15H23N3OS. The highest BCUT2D eigenvalue weighted by molar-refractivity contribution is 7.13. The molecule has 5 heteroatoms. The minimum atomic E-state index is -0.679. The van der Waals surface area contributed by atoms with Crippen LogP contribution >= 0.6 is 11.3 Å². The third-order valence-corrected chi connectivity index (χ3v) is 4.85. The molecule has 0 spiro atoms. The molecule has 3 N–H and O–H groups in total. The van der Waals surface area contributed by atoms with Crippen molar-refractivity contribution in [1.82, 2.24) is 15.5 Å². The van der Waals surface area contributed by atoms with E-state index in [0.717, 1.165) is 17.7 Å². The van der Waals surface area contributed by atoms with Gasteiger partial charge in [-0.1, -0.05) is 26.3 Å². The molecule has 2 unspecified atom stereocenters. The van der Waals surface area contributed by atoms with Gasteiger partial charge in [-0.05, 0) is 24.3 Å². The number of hydrogen-bond donors (Lipinski definition) is 3. The lowest BCUT2D eigenvalue weighted by Gasteiger charge is -2.29. The van der Waals surface area contributed by atoms with Crippen LogP contribution in [0, 0.1) is 5.92 Å². The van der Waals surface area contributed by atoms with E-state index in [2.05, 4.69) is 40.8 Å². The molecule has 0 fully saturated rings. The van der Waals surface area contributed by atoms with E-state index in [0.29, 0.717) is 13.1 Å². The molecule has 110 valence electrons. The Balaban J connectivity index is 1.94. The van der Waals surface area contributed by atoms with Gasteiger partial charge in [-0.2, -0.15) is 5.10 Å². The van der Waals surface area contributed by atoms with Crippen LogP contribution in [-0.2, 0) is 6.54 Å². The van der Waals surface area contributed by atoms with Crippen LogP contribution in [0.5, 0.6) is 0 Å². The summed E-state index contributed by atoms with van der Waals surface area (Å²) in [5.74, 6) is 0.274. The molecule has 2 aromatic rings. The molecule has 2 rings (SSSR count). The van der Waals surface area contributed by atoms with E-state index in [4.69, 9.17) is 0 Å². The third kappa shape index (κ3) is 3.48. The van der Waals surface area contributed by atoms with Crippen molar-refractivity contribution < 1.29 is 5.11 Å². The molecule has 0 aliphatic heterocycles. The first-order valence-electron chi connectivity index (χ1n) is 7.03. The van der Waals surface area contributed by atoms with E-state index in [1.165, 1.54) is 4.88 Å². The summed E-state index contributed by atoms with van der Waals surface area (Å²) in [5, 5.41) is 22.9. The summed E-state index contributed by atoms with van der Waals surface area (Å²) in [5.41, 5.74) is 1.52. The van der Waals surface area contributed by atoms with Crippen molar-refractivity contribution in [2.24, 2.45) is 5.92 Å². The van der Waals surface area contributed by atoms with E-state index in [1.807, 2.05) is 19.2 Å². The Hall–Kier alpha value is -1.17. The standard InChI is InChI=1S/C15H23N3OS/c1-4-11(2)15(3,19)10-16-8-12-9-17-18-14(12)13-6-5-7-20-13/h5-7,9,11,16,19H,4,8,10H2,1-3H3,(H,17,18). The van der Waals surface area contributed by atoms with Crippen LogP contribution in [0.2, 0.25) is 0 Å². The average Bonchev–Trinajstić information content (AvgIpc) is 3.07. The lowest BCUT2D eigenvalue weighted by atomic mass is 9.88. The molecule has 20 heavy (non-hydrogen) atoms. The molecule has 0 saturated carbocycles. The number of aromatic nitrogens is 2. The van der Waals surface area contributed by atoms with Crippen LogP contribution < -0.4 is 5.32 Å². The number of nitrogens with zero attached hydrogens (tertiary/aromatic N) is 1. The smallest absolute Gasteiger partial charge is 0.0794 e. The highest BCUT2D eigenvalue weighted by Gasteiger charge is 2.26. The largest absolute Gasteiger partial charge is 0.389 e. The molecule has 0 aromatic carbocycles. The quantitative estimate of drug-likeness (QED) is 0.735. The van der Waals surface area contributed by atoms with Crippen molar-refractivity contribution in [2.45, 2.75) is 39.3 Å². The van der Waals surface area contributed by atoms with Gasteiger partial charge in [0.1, 0.15) is 0 Å². The fraction of sp³-hybridized carbons (Fsp3) is 0.533. The van der Waals surface area contributed by atoms with Gasteiger partial charge in [-0.3, -0.25) is 5.10 Å². The van der Waals surface area contributed by atoms with Crippen molar-refractivity contribution in [3.05, 3.63) is 29.3 Å². The summed E-state index contributed by atoms with van der Waals surface area (Å²) in [4.78, 5) is 1.19. The van der Waals surface area contributed by atoms with Crippen molar-refractivity contribution >= 4 is 11.3 Å². The normalized spacial score (nSPS) is 16.0. The maximum absolute atomic E-state index is 10.4. The first-order valence-corrected chi connectivity index (χ1v) is 7.91. The van der Waals surface area contributed by atoms with Crippen molar-refractivity contribution in [1.29, 1.82) is 0 Å². The summed E-state index contributed by atoms with van der Waals surface area (Å²) >= 11 is 1.69. The highest BCUT2D eigenvalue weighted by Crippen LogP contribution is 2.26. The second kappa shape index (κ2) is 6.52. The summed E-state index contributed by atoms with van der Waals surface area (Å²) in [6.45, 7) is 7.36. The summed E-state index contributed by atoms with van der Waals surface area (Å²) in [6, 6.07) is 4.11. The van der Waals surface area contributed by atoms with Crippen LogP contribution in [0.15, 0.2) is 23.7 Å². The highest BCUT2D eigenvalue weighted by atomic mass is 32.1. The molecule has 0 radical (unpaired) electrons. The van der Waals surface area contributed by atoms with Gasteiger partial charge < -0.3 is 10.4 Å². The third-order valence-electron chi connectivity index (χ3n) is 3.96. The number of rotatable bonds is 7. The number of H-pyrrole nitrogens is 1. The zero-order valence-electron chi connectivity index (χ0n) is 12.3. The predicted molar refractivity (Wildman–Crippen MR) is 83.7 cm³/mol. The van der Waals surface area contributed by atoms with Gasteiger partial charge in [0.25, 0.3) is 0 Å². The summed E-state index contributed by atoms with van der Waals surface area (Å²) in [7, 11) is 0. The SMILES string of the molecule is CCC(C)C(C)(O)CNCc1cn[nH]c1-c1cccs1. The lowest BCUT2D eigenvalue weighted by Crippen LogP contribution is -2.42. The molecule has 0 aliphatic carbocycles. The lowest BCUT2D eigenvalue weighted by molar-refractivity contribution is 0.00535. The molecule has 2 atom stereocenters. The van der Waals surface area contributed by atoms with Crippen LogP contribution in [0.1, 0.15) is 32.8 Å². The van der Waals surface area contributed by atoms with Crippen LogP contribution in [0.3, 0.4) is 0 Å². The molecule has 0 aliphatic rings. The molecule has 2 aromatic heterocycles. The van der Waals surface area contributed by atoms with Crippen molar-refractivity contribution in [3.8, 4) is 10.6 Å². The average molecular weight is 293 g/mol. The van der Waals surface area contributed by atoms with Gasteiger partial charge in [0.05, 0.1) is 22.4 Å². The Labute approximate surface area is 124 Å². The van der Waals surface area contributed by atoms with Gasteiger partial charge >= 0.3 is 0 Å². The zero-order chi connectivity index (χ0) is 14.6. The number of aromatic amines is 1. The summed E-state index contributed by atoms with van der Waals surface area (Å²) in [6.07, 6.45) is 2.82. The first kappa shape index (κ1) is 15.2. The van der Waals surface area contributed by atoms with E-state index < -0.39 is 5.60 Å². The minimum Gasteiger partial charge on any atom is -0.389 e. The Morgan fingerprint density at radius 2 is 2.35 bits per heavy atom. The van der Waals surface area contributed by atoms with E-state index >= 15 is 0 Å². The van der Waals surface area contributed by atoms with Gasteiger partial charge in [-0.15, -0.1) is 11.3 Å². The maximum atomic E-state index is 10.4. The van der Waals surface area contributed by atoms with Crippen LogP contribution in [0.25, 0.3) is 10.6 Å². The van der Waals surface area contributed by atoms with Gasteiger partial charge in [0.15, 0.2) is 0 Å². The van der Waals surface area contributed by atoms with E-state index in [-0.39, 0.29) is 5.92 Å². The van der Waals surface area contributed by atoms with Crippen molar-refractivity contribution in [2.75, 3.05) is 6.54 Å². The molecule has 0 bridgehead atoms. The second-order valence-electron chi connectivity index (χ2n) is 5.52. The van der Waals surface area contributed by atoms with E-state index in [9.17, 15) is 5.11 Å². The Morgan fingerprint density at radius 3 is 3.00 bits per heavy atom. The Bertz CT molecular complexity index is 519. The van der Waals surface area contributed by atoms with Crippen LogP contribution in [0.4, 0.5) is 0 Å². The predicted octanol–water partition coefficient (Wildman–Crippen LogP) is 3.02. The van der Waals surface area contributed by atoms with Crippen molar-refractivity contribution in [3.63, 3.8) is 0 Å². The van der Waals surface area contributed by atoms with Gasteiger partial charge in [-0.25, -0.2) is 0 Å². The summed E-state index contributed by atoms with van der Waals surface area (Å²) < 4.78 is 0. The first-order chi connectivity index (χ1) is 9.54. The monoisotopic (exact) mass is 293 g/mol. The second-order valence-corrected chi connectivity index (χ2v) is 6.47. The number of hydrogen-bond acceptors (Lipinski definition) is 4. The fourth-order valence-electron chi connectivity index (χ4n) is 2.14. The molecule has 0 saturated heterocycles. The van der Waals surface area contributed by atoms with Gasteiger partial charge in [0, 0.05) is 18.7 Å². The number of aliphatic hydroxyl groups is 1. The van der Waals surface area contributed by atoms with E-state index in [1.54, 1.807) is 11.3 Å². The number of nitrogens with one attached hydrogen (secondary N) is 2. The van der Waals surface area contributed by atoms with Gasteiger partial charge in [0.2, 0.25) is 0 Å². The Kier molecular flexibility index (Phi) is 4.96. The molecule has 0 amide bonds. The zero-order valence-corrected chi connectivity index (χ0v) is 13.1. The Morgan fingerprint density at radius 1 is 1.55 bits per heavy atom. The van der Waals surface area contributed by atoms with Crippen LogP contribution in [-0.4, -0.2) is 27.4 Å².